The zero-order valence-electron chi connectivity index (χ0n) is 13.6. The van der Waals surface area contributed by atoms with Gasteiger partial charge in [0.25, 0.3) is 5.91 Å². The van der Waals surface area contributed by atoms with Gasteiger partial charge in [0.15, 0.2) is 5.76 Å². The van der Waals surface area contributed by atoms with E-state index in [2.05, 4.69) is 10.1 Å². The third-order valence-corrected chi connectivity index (χ3v) is 5.93. The number of aromatic nitrogens is 2. The Morgan fingerprint density at radius 3 is 2.88 bits per heavy atom. The highest BCUT2D eigenvalue weighted by Gasteiger charge is 2.19. The van der Waals surface area contributed by atoms with E-state index in [0.29, 0.717) is 11.3 Å². The number of rotatable bonds is 5. The molecule has 0 N–H and O–H groups in total. The lowest BCUT2D eigenvalue weighted by molar-refractivity contribution is 0.0792. The maximum atomic E-state index is 12.3. The number of likely N-dealkylation sites (tertiary alicyclic amines) is 1. The van der Waals surface area contributed by atoms with E-state index in [1.165, 1.54) is 0 Å². The molecule has 3 aromatic rings. The van der Waals surface area contributed by atoms with Gasteiger partial charge >= 0.3 is 0 Å². The lowest BCUT2D eigenvalue weighted by Crippen LogP contribution is -2.27. The number of carbonyl (C=O) groups is 1. The molecule has 4 heterocycles. The van der Waals surface area contributed by atoms with Crippen LogP contribution in [0.2, 0.25) is 0 Å². The first-order valence-corrected chi connectivity index (χ1v) is 10.0. The number of amides is 1. The predicted octanol–water partition coefficient (Wildman–Crippen LogP) is 4.33. The van der Waals surface area contributed by atoms with Gasteiger partial charge in [-0.3, -0.25) is 4.79 Å². The van der Waals surface area contributed by atoms with Gasteiger partial charge in [-0.1, -0.05) is 23.0 Å². The van der Waals surface area contributed by atoms with Gasteiger partial charge in [-0.25, -0.2) is 4.98 Å². The average Bonchev–Trinajstić information content (AvgIpc) is 3.42. The zero-order valence-corrected chi connectivity index (χ0v) is 15.2. The Hall–Kier alpha value is -2.12. The van der Waals surface area contributed by atoms with Crippen LogP contribution in [-0.2, 0) is 5.75 Å². The van der Waals surface area contributed by atoms with Crippen molar-refractivity contribution in [3.8, 4) is 10.6 Å². The number of pyridine rings is 1. The second kappa shape index (κ2) is 7.41. The molecule has 25 heavy (non-hydrogen) atoms. The summed E-state index contributed by atoms with van der Waals surface area (Å²) in [4.78, 5) is 19.7. The van der Waals surface area contributed by atoms with Crippen LogP contribution in [0.25, 0.3) is 10.6 Å². The van der Waals surface area contributed by atoms with E-state index in [0.717, 1.165) is 47.3 Å². The number of thiophene rings is 1. The summed E-state index contributed by atoms with van der Waals surface area (Å²) in [7, 11) is 0. The van der Waals surface area contributed by atoms with Gasteiger partial charge in [-0.15, -0.1) is 11.3 Å². The summed E-state index contributed by atoms with van der Waals surface area (Å²) in [6, 6.07) is 9.72. The number of carbonyl (C=O) groups excluding carboxylic acids is 1. The first-order valence-electron chi connectivity index (χ1n) is 8.17. The number of hydrogen-bond acceptors (Lipinski definition) is 6. The molecule has 1 aliphatic heterocycles. The van der Waals surface area contributed by atoms with E-state index in [9.17, 15) is 4.79 Å². The van der Waals surface area contributed by atoms with Crippen molar-refractivity contribution >= 4 is 29.0 Å². The Morgan fingerprint density at radius 1 is 1.28 bits per heavy atom. The van der Waals surface area contributed by atoms with Crippen molar-refractivity contribution in [1.29, 1.82) is 0 Å². The second-order valence-corrected chi connectivity index (χ2v) is 7.78. The molecule has 0 aliphatic carbocycles. The van der Waals surface area contributed by atoms with Crippen LogP contribution in [0.4, 0.5) is 0 Å². The van der Waals surface area contributed by atoms with Gasteiger partial charge in [0.05, 0.1) is 21.2 Å². The summed E-state index contributed by atoms with van der Waals surface area (Å²) in [6.07, 6.45) is 3.86. The minimum atomic E-state index is 0.0821. The minimum Gasteiger partial charge on any atom is -0.355 e. The third-order valence-electron chi connectivity index (χ3n) is 4.07. The molecule has 5 nitrogen and oxygen atoms in total. The van der Waals surface area contributed by atoms with Crippen LogP contribution in [-0.4, -0.2) is 34.0 Å². The Morgan fingerprint density at radius 2 is 2.16 bits per heavy atom. The summed E-state index contributed by atoms with van der Waals surface area (Å²) >= 11 is 3.21. The average molecular weight is 371 g/mol. The van der Waals surface area contributed by atoms with Crippen molar-refractivity contribution in [3.05, 3.63) is 53.2 Å². The molecule has 128 valence electrons. The molecule has 0 atom stereocenters. The molecule has 0 saturated carbocycles. The molecule has 7 heteroatoms. The van der Waals surface area contributed by atoms with Crippen molar-refractivity contribution in [2.45, 2.75) is 23.6 Å². The topological polar surface area (TPSA) is 59.2 Å². The van der Waals surface area contributed by atoms with Crippen LogP contribution in [0.3, 0.4) is 0 Å². The largest absolute Gasteiger partial charge is 0.355 e. The smallest absolute Gasteiger partial charge is 0.255 e. The predicted molar refractivity (Wildman–Crippen MR) is 98.8 cm³/mol. The molecule has 1 aliphatic rings. The van der Waals surface area contributed by atoms with Gasteiger partial charge in [-0.05, 0) is 36.4 Å². The van der Waals surface area contributed by atoms with Crippen LogP contribution in [0.1, 0.15) is 28.9 Å². The van der Waals surface area contributed by atoms with Crippen molar-refractivity contribution < 1.29 is 9.32 Å². The maximum absolute atomic E-state index is 12.3. The van der Waals surface area contributed by atoms with Crippen LogP contribution in [0.5, 0.6) is 0 Å². The van der Waals surface area contributed by atoms with Gasteiger partial charge in [-0.2, -0.15) is 0 Å². The fourth-order valence-corrected chi connectivity index (χ4v) is 4.15. The van der Waals surface area contributed by atoms with E-state index in [1.807, 2.05) is 40.6 Å². The molecule has 1 saturated heterocycles. The Labute approximate surface area is 154 Å². The number of thioether (sulfide) groups is 1. The second-order valence-electron chi connectivity index (χ2n) is 5.83. The van der Waals surface area contributed by atoms with Crippen LogP contribution in [0, 0.1) is 0 Å². The van der Waals surface area contributed by atoms with Crippen LogP contribution in [0.15, 0.2) is 51.5 Å². The highest BCUT2D eigenvalue weighted by atomic mass is 32.2. The molecule has 0 radical (unpaired) electrons. The molecule has 0 bridgehead atoms. The molecule has 0 aromatic carbocycles. The number of hydrogen-bond donors (Lipinski definition) is 0. The summed E-state index contributed by atoms with van der Waals surface area (Å²) < 4.78 is 5.38. The molecular weight excluding hydrogens is 354 g/mol. The van der Waals surface area contributed by atoms with Gasteiger partial charge in [0.1, 0.15) is 0 Å². The van der Waals surface area contributed by atoms with Gasteiger partial charge < -0.3 is 9.42 Å². The van der Waals surface area contributed by atoms with E-state index >= 15 is 0 Å². The van der Waals surface area contributed by atoms with Crippen molar-refractivity contribution in [2.75, 3.05) is 13.1 Å². The Balaban J connectivity index is 1.36. The Kier molecular flexibility index (Phi) is 4.85. The van der Waals surface area contributed by atoms with E-state index in [1.54, 1.807) is 29.3 Å². The lowest BCUT2D eigenvalue weighted by Gasteiger charge is -2.14. The van der Waals surface area contributed by atoms with Gasteiger partial charge in [0, 0.05) is 31.1 Å². The molecule has 4 rings (SSSR count). The summed E-state index contributed by atoms with van der Waals surface area (Å²) in [5, 5.41) is 7.00. The Bertz CT molecular complexity index is 838. The van der Waals surface area contributed by atoms with Crippen molar-refractivity contribution in [1.82, 2.24) is 15.0 Å². The van der Waals surface area contributed by atoms with Crippen molar-refractivity contribution in [2.24, 2.45) is 0 Å². The molecule has 1 amide bonds. The summed E-state index contributed by atoms with van der Waals surface area (Å²) in [5.41, 5.74) is 1.54. The highest BCUT2D eigenvalue weighted by Crippen LogP contribution is 2.27. The first-order chi connectivity index (χ1) is 12.3. The SMILES string of the molecule is O=C(c1ccc(SCc2cc(-c3cccs3)on2)nc1)N1CCCC1. The van der Waals surface area contributed by atoms with E-state index in [-0.39, 0.29) is 5.91 Å². The van der Waals surface area contributed by atoms with Gasteiger partial charge in [0.2, 0.25) is 0 Å². The molecule has 0 unspecified atom stereocenters. The van der Waals surface area contributed by atoms with Crippen molar-refractivity contribution in [3.63, 3.8) is 0 Å². The van der Waals surface area contributed by atoms with E-state index < -0.39 is 0 Å². The third kappa shape index (κ3) is 3.77. The standard InChI is InChI=1S/C18H17N3O2S2/c22-18(21-7-1-2-8-21)13-5-6-17(19-11-13)25-12-14-10-15(23-20-14)16-4-3-9-24-16/h3-6,9-11H,1-2,7-8,12H2. The monoisotopic (exact) mass is 371 g/mol. The molecule has 3 aromatic heterocycles. The van der Waals surface area contributed by atoms with Crippen LogP contribution < -0.4 is 0 Å². The van der Waals surface area contributed by atoms with Crippen LogP contribution >= 0.6 is 23.1 Å². The normalized spacial score (nSPS) is 14.2. The molecule has 0 spiro atoms. The fourth-order valence-electron chi connectivity index (χ4n) is 2.76. The highest BCUT2D eigenvalue weighted by molar-refractivity contribution is 7.98. The fraction of sp³-hybridized carbons (Fsp3) is 0.278. The molecular formula is C18H17N3O2S2. The van der Waals surface area contributed by atoms with E-state index in [4.69, 9.17) is 4.52 Å². The maximum Gasteiger partial charge on any atom is 0.255 e. The minimum absolute atomic E-state index is 0.0821. The summed E-state index contributed by atoms with van der Waals surface area (Å²) in [6.45, 7) is 1.71. The first kappa shape index (κ1) is 16.4. The lowest BCUT2D eigenvalue weighted by atomic mass is 10.2. The quantitative estimate of drug-likeness (QED) is 0.625. The zero-order chi connectivity index (χ0) is 17.1. The number of nitrogens with zero attached hydrogens (tertiary/aromatic N) is 3. The molecule has 1 fully saturated rings. The summed E-state index contributed by atoms with van der Waals surface area (Å²) in [5.74, 6) is 1.56.